The molecule has 5 rings (SSSR count). The van der Waals surface area contributed by atoms with Gasteiger partial charge in [0.25, 0.3) is 0 Å². The second-order valence-electron chi connectivity index (χ2n) is 6.70. The van der Waals surface area contributed by atoms with E-state index in [0.29, 0.717) is 11.7 Å². The van der Waals surface area contributed by atoms with E-state index >= 15 is 0 Å². The van der Waals surface area contributed by atoms with Crippen LogP contribution >= 0.6 is 0 Å². The van der Waals surface area contributed by atoms with Gasteiger partial charge in [0.2, 0.25) is 0 Å². The lowest BCUT2D eigenvalue weighted by molar-refractivity contribution is -0.00349. The number of hydrogen-bond donors (Lipinski definition) is 2. The molecule has 0 atom stereocenters. The van der Waals surface area contributed by atoms with Crippen LogP contribution in [0.2, 0.25) is 0 Å². The lowest BCUT2D eigenvalue weighted by Crippen LogP contribution is -2.43. The van der Waals surface area contributed by atoms with Crippen molar-refractivity contribution in [3.05, 3.63) is 23.8 Å². The molecule has 4 aliphatic carbocycles. The van der Waals surface area contributed by atoms with E-state index in [4.69, 9.17) is 0 Å². The van der Waals surface area contributed by atoms with Crippen LogP contribution in [-0.4, -0.2) is 10.2 Å². The fraction of sp³-hybridized carbons (Fsp3) is 0.625. The highest BCUT2D eigenvalue weighted by Crippen LogP contribution is 2.60. The first kappa shape index (κ1) is 10.7. The molecule has 0 saturated heterocycles. The second-order valence-corrected chi connectivity index (χ2v) is 6.70. The van der Waals surface area contributed by atoms with Gasteiger partial charge in [-0.3, -0.25) is 0 Å². The molecular weight excluding hydrogens is 224 g/mol. The predicted octanol–water partition coefficient (Wildman–Crippen LogP) is 3.64. The monoisotopic (exact) mass is 244 g/mol. The third kappa shape index (κ3) is 1.47. The summed E-state index contributed by atoms with van der Waals surface area (Å²) in [6.45, 7) is 0. The number of phenolic OH excluding ortho intramolecular Hbond substituents is 2. The topological polar surface area (TPSA) is 40.5 Å². The number of aromatic hydroxyl groups is 2. The summed E-state index contributed by atoms with van der Waals surface area (Å²) in [5, 5.41) is 19.5. The maximum absolute atomic E-state index is 10.1. The van der Waals surface area contributed by atoms with Gasteiger partial charge in [-0.05, 0) is 73.3 Å². The third-order valence-electron chi connectivity index (χ3n) is 5.60. The molecule has 18 heavy (non-hydrogen) atoms. The Morgan fingerprint density at radius 3 is 2.00 bits per heavy atom. The first-order valence-electron chi connectivity index (χ1n) is 7.22. The maximum Gasteiger partial charge on any atom is 0.122 e. The van der Waals surface area contributed by atoms with Crippen LogP contribution in [0.15, 0.2) is 18.2 Å². The van der Waals surface area contributed by atoms with Crippen molar-refractivity contribution in [3.8, 4) is 11.5 Å². The van der Waals surface area contributed by atoms with Crippen molar-refractivity contribution in [2.75, 3.05) is 0 Å². The molecule has 1 aromatic rings. The highest BCUT2D eigenvalue weighted by molar-refractivity contribution is 5.42. The van der Waals surface area contributed by atoms with Crippen LogP contribution in [0.1, 0.15) is 43.6 Å². The summed E-state index contributed by atoms with van der Waals surface area (Å²) in [6, 6.07) is 5.16. The summed E-state index contributed by atoms with van der Waals surface area (Å²) in [5.74, 6) is 4.48. The molecule has 0 spiro atoms. The number of hydrogen-bond acceptors (Lipinski definition) is 2. The SMILES string of the molecule is Oc1ccc(C2C3CC4CC(C3)CC2C4)c(O)c1. The standard InChI is InChI=1S/C16H20O2/c17-13-1-2-14(15(18)8-13)16-11-4-9-3-10(6-11)7-12(16)5-9/h1-2,8-12,16-18H,3-7H2. The van der Waals surface area contributed by atoms with E-state index in [9.17, 15) is 10.2 Å². The molecule has 0 aromatic heterocycles. The largest absolute Gasteiger partial charge is 0.508 e. The van der Waals surface area contributed by atoms with Crippen molar-refractivity contribution in [2.24, 2.45) is 23.7 Å². The van der Waals surface area contributed by atoms with Crippen LogP contribution < -0.4 is 0 Å². The summed E-state index contributed by atoms with van der Waals surface area (Å²) in [5.41, 5.74) is 1.08. The van der Waals surface area contributed by atoms with Crippen molar-refractivity contribution in [3.63, 3.8) is 0 Å². The first-order chi connectivity index (χ1) is 8.70. The van der Waals surface area contributed by atoms with E-state index in [1.807, 2.05) is 6.07 Å². The van der Waals surface area contributed by atoms with E-state index in [1.165, 1.54) is 38.2 Å². The number of rotatable bonds is 1. The minimum atomic E-state index is 0.167. The molecule has 4 fully saturated rings. The molecule has 4 aliphatic rings. The molecule has 0 radical (unpaired) electrons. The zero-order chi connectivity index (χ0) is 12.3. The van der Waals surface area contributed by atoms with E-state index in [0.717, 1.165) is 29.2 Å². The van der Waals surface area contributed by atoms with Crippen molar-refractivity contribution in [1.29, 1.82) is 0 Å². The van der Waals surface area contributed by atoms with Gasteiger partial charge in [0, 0.05) is 6.07 Å². The quantitative estimate of drug-likeness (QED) is 0.791. The van der Waals surface area contributed by atoms with Crippen LogP contribution in [0.4, 0.5) is 0 Å². The smallest absolute Gasteiger partial charge is 0.122 e. The summed E-state index contributed by atoms with van der Waals surface area (Å²) >= 11 is 0. The Hall–Kier alpha value is -1.18. The molecule has 2 N–H and O–H groups in total. The van der Waals surface area contributed by atoms with Gasteiger partial charge in [0.1, 0.15) is 11.5 Å². The van der Waals surface area contributed by atoms with Crippen molar-refractivity contribution in [1.82, 2.24) is 0 Å². The molecule has 0 amide bonds. The lowest BCUT2D eigenvalue weighted by atomic mass is 9.50. The van der Waals surface area contributed by atoms with E-state index < -0.39 is 0 Å². The fourth-order valence-corrected chi connectivity index (χ4v) is 5.25. The highest BCUT2D eigenvalue weighted by atomic mass is 16.3. The van der Waals surface area contributed by atoms with E-state index in [-0.39, 0.29) is 5.75 Å². The summed E-state index contributed by atoms with van der Waals surface area (Å²) < 4.78 is 0. The zero-order valence-corrected chi connectivity index (χ0v) is 10.5. The van der Waals surface area contributed by atoms with Gasteiger partial charge < -0.3 is 10.2 Å². The van der Waals surface area contributed by atoms with Crippen LogP contribution in [0.5, 0.6) is 11.5 Å². The Morgan fingerprint density at radius 2 is 1.44 bits per heavy atom. The second kappa shape index (κ2) is 3.66. The number of benzene rings is 1. The highest BCUT2D eigenvalue weighted by Gasteiger charge is 2.49. The predicted molar refractivity (Wildman–Crippen MR) is 69.6 cm³/mol. The molecular formula is C16H20O2. The average molecular weight is 244 g/mol. The van der Waals surface area contributed by atoms with E-state index in [2.05, 4.69) is 0 Å². The van der Waals surface area contributed by atoms with Gasteiger partial charge in [-0.15, -0.1) is 0 Å². The molecule has 0 unspecified atom stereocenters. The van der Waals surface area contributed by atoms with Crippen LogP contribution in [0.25, 0.3) is 0 Å². The molecule has 96 valence electrons. The fourth-order valence-electron chi connectivity index (χ4n) is 5.25. The van der Waals surface area contributed by atoms with Gasteiger partial charge in [-0.2, -0.15) is 0 Å². The van der Waals surface area contributed by atoms with Gasteiger partial charge >= 0.3 is 0 Å². The summed E-state index contributed by atoms with van der Waals surface area (Å²) in [6.07, 6.45) is 6.90. The average Bonchev–Trinajstić information content (AvgIpc) is 2.30. The Bertz CT molecular complexity index is 452. The lowest BCUT2D eigenvalue weighted by Gasteiger charge is -2.54. The third-order valence-corrected chi connectivity index (χ3v) is 5.60. The molecule has 2 heteroatoms. The molecule has 2 nitrogen and oxygen atoms in total. The van der Waals surface area contributed by atoms with Gasteiger partial charge in [0.15, 0.2) is 0 Å². The molecule has 0 heterocycles. The van der Waals surface area contributed by atoms with Gasteiger partial charge in [-0.1, -0.05) is 6.07 Å². The van der Waals surface area contributed by atoms with Crippen LogP contribution in [0, 0.1) is 23.7 Å². The molecule has 1 aromatic carbocycles. The Balaban J connectivity index is 1.72. The molecule has 4 bridgehead atoms. The zero-order valence-electron chi connectivity index (χ0n) is 10.5. The van der Waals surface area contributed by atoms with Crippen LogP contribution in [0.3, 0.4) is 0 Å². The molecule has 0 aliphatic heterocycles. The Kier molecular flexibility index (Phi) is 2.18. The van der Waals surface area contributed by atoms with Crippen molar-refractivity contribution in [2.45, 2.75) is 38.0 Å². The Labute approximate surface area is 108 Å². The van der Waals surface area contributed by atoms with Crippen LogP contribution in [-0.2, 0) is 0 Å². The minimum Gasteiger partial charge on any atom is -0.508 e. The van der Waals surface area contributed by atoms with Crippen molar-refractivity contribution >= 4 is 0 Å². The maximum atomic E-state index is 10.1. The van der Waals surface area contributed by atoms with Crippen molar-refractivity contribution < 1.29 is 10.2 Å². The summed E-state index contributed by atoms with van der Waals surface area (Å²) in [4.78, 5) is 0. The van der Waals surface area contributed by atoms with Gasteiger partial charge in [-0.25, -0.2) is 0 Å². The van der Waals surface area contributed by atoms with Gasteiger partial charge in [0.05, 0.1) is 0 Å². The number of phenols is 2. The summed E-state index contributed by atoms with van der Waals surface area (Å²) in [7, 11) is 0. The Morgan fingerprint density at radius 1 is 0.833 bits per heavy atom. The first-order valence-corrected chi connectivity index (χ1v) is 7.22. The minimum absolute atomic E-state index is 0.167. The normalized spacial score (nSPS) is 41.2. The van der Waals surface area contributed by atoms with E-state index in [1.54, 1.807) is 6.07 Å². The molecule has 4 saturated carbocycles.